The van der Waals surface area contributed by atoms with E-state index >= 15 is 0 Å². The van der Waals surface area contributed by atoms with Crippen molar-refractivity contribution in [1.29, 1.82) is 5.26 Å². The van der Waals surface area contributed by atoms with E-state index in [9.17, 15) is 5.11 Å². The maximum Gasteiger partial charge on any atom is 0.103 e. The largest absolute Gasteiger partial charge is 0.394 e. The van der Waals surface area contributed by atoms with Gasteiger partial charge in [-0.05, 0) is 40.9 Å². The van der Waals surface area contributed by atoms with Crippen molar-refractivity contribution in [2.75, 3.05) is 11.9 Å². The highest BCUT2D eigenvalue weighted by Gasteiger charge is 2.42. The van der Waals surface area contributed by atoms with E-state index in [0.717, 1.165) is 23.0 Å². The van der Waals surface area contributed by atoms with Gasteiger partial charge in [-0.2, -0.15) is 5.26 Å². The Hall–Kier alpha value is -1.05. The highest BCUT2D eigenvalue weighted by molar-refractivity contribution is 9.10. The molecule has 0 aromatic heterocycles. The van der Waals surface area contributed by atoms with E-state index in [1.165, 1.54) is 0 Å². The normalized spacial score (nSPS) is 16.9. The number of aliphatic hydroxyl groups excluding tert-OH is 1. The van der Waals surface area contributed by atoms with Gasteiger partial charge in [-0.1, -0.05) is 6.07 Å². The molecule has 4 heteroatoms. The number of hydrogen-bond donors (Lipinski definition) is 2. The molecule has 1 aromatic carbocycles. The molecule has 0 spiro atoms. The number of anilines is 1. The number of aliphatic hydroxyl groups is 1. The predicted octanol–water partition coefficient (Wildman–Crippen LogP) is 2.26. The van der Waals surface area contributed by atoms with Gasteiger partial charge in [0, 0.05) is 4.47 Å². The van der Waals surface area contributed by atoms with Gasteiger partial charge in [-0.25, -0.2) is 0 Å². The average molecular weight is 267 g/mol. The Labute approximate surface area is 96.9 Å². The first-order chi connectivity index (χ1) is 7.21. The summed E-state index contributed by atoms with van der Waals surface area (Å²) < 4.78 is 0.781. The van der Waals surface area contributed by atoms with Crippen molar-refractivity contribution < 1.29 is 5.11 Å². The number of nitrogens with one attached hydrogen (secondary N) is 1. The summed E-state index contributed by atoms with van der Waals surface area (Å²) in [6, 6.07) is 7.72. The van der Waals surface area contributed by atoms with Crippen LogP contribution >= 0.6 is 15.9 Å². The number of nitriles is 1. The molecule has 2 N–H and O–H groups in total. The Balaban J connectivity index is 2.29. The molecule has 1 saturated carbocycles. The molecule has 0 radical (unpaired) electrons. The molecule has 0 saturated heterocycles. The fourth-order valence-electron chi connectivity index (χ4n) is 1.50. The van der Waals surface area contributed by atoms with Gasteiger partial charge >= 0.3 is 0 Å². The van der Waals surface area contributed by atoms with Crippen LogP contribution in [0.1, 0.15) is 18.4 Å². The maximum atomic E-state index is 9.19. The zero-order valence-corrected chi connectivity index (χ0v) is 9.71. The first-order valence-corrected chi connectivity index (χ1v) is 5.58. The number of halogens is 1. The molecule has 1 aromatic rings. The molecule has 0 amide bonds. The summed E-state index contributed by atoms with van der Waals surface area (Å²) in [5.41, 5.74) is 1.20. The van der Waals surface area contributed by atoms with E-state index in [-0.39, 0.29) is 12.1 Å². The molecule has 0 atom stereocenters. The lowest BCUT2D eigenvalue weighted by molar-refractivity contribution is 0.266. The van der Waals surface area contributed by atoms with Crippen LogP contribution in [0.3, 0.4) is 0 Å². The third-order valence-corrected chi connectivity index (χ3v) is 3.34. The Morgan fingerprint density at radius 1 is 1.53 bits per heavy atom. The minimum Gasteiger partial charge on any atom is -0.394 e. The second kappa shape index (κ2) is 3.84. The lowest BCUT2D eigenvalue weighted by Crippen LogP contribution is -2.26. The second-order valence-corrected chi connectivity index (χ2v) is 4.69. The molecule has 3 nitrogen and oxygen atoms in total. The summed E-state index contributed by atoms with van der Waals surface area (Å²) in [4.78, 5) is 0. The number of hydrogen-bond acceptors (Lipinski definition) is 3. The van der Waals surface area contributed by atoms with Crippen LogP contribution in [0.15, 0.2) is 22.7 Å². The van der Waals surface area contributed by atoms with Crippen LogP contribution in [-0.2, 0) is 0 Å². The first kappa shape index (κ1) is 10.5. The molecule has 1 fully saturated rings. The first-order valence-electron chi connectivity index (χ1n) is 4.78. The van der Waals surface area contributed by atoms with Crippen LogP contribution < -0.4 is 5.32 Å². The smallest absolute Gasteiger partial charge is 0.103 e. The minimum atomic E-state index is -0.188. The fraction of sp³-hybridized carbons (Fsp3) is 0.364. The van der Waals surface area contributed by atoms with Gasteiger partial charge in [-0.3, -0.25) is 0 Å². The monoisotopic (exact) mass is 266 g/mol. The van der Waals surface area contributed by atoms with E-state index in [1.807, 2.05) is 18.2 Å². The zero-order chi connectivity index (χ0) is 10.9. The molecule has 1 aliphatic rings. The molecule has 2 rings (SSSR count). The summed E-state index contributed by atoms with van der Waals surface area (Å²) in [6.07, 6.45) is 1.92. The van der Waals surface area contributed by atoms with E-state index in [2.05, 4.69) is 27.3 Å². The number of nitrogens with zero attached hydrogens (tertiary/aromatic N) is 1. The number of benzene rings is 1. The summed E-state index contributed by atoms with van der Waals surface area (Å²) in [5.74, 6) is 0. The van der Waals surface area contributed by atoms with Crippen molar-refractivity contribution in [3.63, 3.8) is 0 Å². The van der Waals surface area contributed by atoms with Crippen molar-refractivity contribution >= 4 is 21.6 Å². The molecule has 0 unspecified atom stereocenters. The van der Waals surface area contributed by atoms with Crippen molar-refractivity contribution in [3.05, 3.63) is 28.2 Å². The zero-order valence-electron chi connectivity index (χ0n) is 8.13. The summed E-state index contributed by atoms with van der Waals surface area (Å²) in [7, 11) is 0. The van der Waals surface area contributed by atoms with E-state index in [4.69, 9.17) is 5.26 Å². The topological polar surface area (TPSA) is 56.0 Å². The van der Waals surface area contributed by atoms with Gasteiger partial charge in [-0.15, -0.1) is 0 Å². The van der Waals surface area contributed by atoms with Gasteiger partial charge < -0.3 is 10.4 Å². The van der Waals surface area contributed by atoms with Gasteiger partial charge in [0.25, 0.3) is 0 Å². The van der Waals surface area contributed by atoms with Crippen LogP contribution in [0.25, 0.3) is 0 Å². The van der Waals surface area contributed by atoms with Crippen LogP contribution in [0.2, 0.25) is 0 Å². The van der Waals surface area contributed by atoms with Crippen molar-refractivity contribution in [3.8, 4) is 6.07 Å². The Morgan fingerprint density at radius 2 is 2.27 bits per heavy atom. The lowest BCUT2D eigenvalue weighted by atomic mass is 10.1. The quantitative estimate of drug-likeness (QED) is 0.883. The summed E-state index contributed by atoms with van der Waals surface area (Å²) in [5, 5.41) is 21.4. The fourth-order valence-corrected chi connectivity index (χ4v) is 1.96. The van der Waals surface area contributed by atoms with Gasteiger partial charge in [0.15, 0.2) is 0 Å². The Kier molecular flexibility index (Phi) is 2.68. The highest BCUT2D eigenvalue weighted by Crippen LogP contribution is 2.39. The maximum absolute atomic E-state index is 9.19. The Bertz CT molecular complexity index is 421. The molecule has 15 heavy (non-hydrogen) atoms. The summed E-state index contributed by atoms with van der Waals surface area (Å²) >= 11 is 3.33. The molecule has 78 valence electrons. The SMILES string of the molecule is N#Cc1c(Br)cccc1NC1(CO)CC1. The molecule has 0 aliphatic heterocycles. The predicted molar refractivity (Wildman–Crippen MR) is 61.5 cm³/mol. The molecular formula is C11H11BrN2O. The van der Waals surface area contributed by atoms with Crippen LogP contribution in [0, 0.1) is 11.3 Å². The third kappa shape index (κ3) is 1.99. The summed E-state index contributed by atoms with van der Waals surface area (Å²) in [6.45, 7) is 0.115. The van der Waals surface area contributed by atoms with Gasteiger partial charge in [0.2, 0.25) is 0 Å². The molecule has 0 bridgehead atoms. The van der Waals surface area contributed by atoms with Crippen molar-refractivity contribution in [1.82, 2.24) is 0 Å². The number of rotatable bonds is 3. The van der Waals surface area contributed by atoms with Gasteiger partial charge in [0.1, 0.15) is 6.07 Å². The standard InChI is InChI=1S/C11H11BrN2O/c12-9-2-1-3-10(8(9)6-13)14-11(7-15)4-5-11/h1-3,14-15H,4-5,7H2. The van der Waals surface area contributed by atoms with Crippen molar-refractivity contribution in [2.45, 2.75) is 18.4 Å². The molecular weight excluding hydrogens is 256 g/mol. The van der Waals surface area contributed by atoms with Gasteiger partial charge in [0.05, 0.1) is 23.4 Å². The molecule has 0 heterocycles. The van der Waals surface area contributed by atoms with E-state index in [0.29, 0.717) is 5.56 Å². The second-order valence-electron chi connectivity index (χ2n) is 3.84. The van der Waals surface area contributed by atoms with Crippen LogP contribution in [0.4, 0.5) is 5.69 Å². The van der Waals surface area contributed by atoms with Crippen molar-refractivity contribution in [2.24, 2.45) is 0 Å². The average Bonchev–Trinajstić information content (AvgIpc) is 2.99. The van der Waals surface area contributed by atoms with E-state index in [1.54, 1.807) is 0 Å². The van der Waals surface area contributed by atoms with Crippen LogP contribution in [-0.4, -0.2) is 17.3 Å². The minimum absolute atomic E-state index is 0.115. The highest BCUT2D eigenvalue weighted by atomic mass is 79.9. The van der Waals surface area contributed by atoms with Crippen LogP contribution in [0.5, 0.6) is 0 Å². The lowest BCUT2D eigenvalue weighted by Gasteiger charge is -2.17. The third-order valence-electron chi connectivity index (χ3n) is 2.68. The van der Waals surface area contributed by atoms with E-state index < -0.39 is 0 Å². The molecule has 1 aliphatic carbocycles. The Morgan fingerprint density at radius 3 is 2.80 bits per heavy atom.